The van der Waals surface area contributed by atoms with Crippen LogP contribution in [-0.4, -0.2) is 0 Å². The third-order valence-corrected chi connectivity index (χ3v) is 15.4. The van der Waals surface area contributed by atoms with Crippen LogP contribution in [0.5, 0.6) is 23.0 Å². The summed E-state index contributed by atoms with van der Waals surface area (Å²) in [5.41, 5.74) is 18.8. The standard InChI is InChI=1S/C66H41NO2/c1-2-19-46-42(17-1)18-15-22-47(46)43-35-37-44(38-36-43)67(45-39-40-49-48-20-3-5-23-51(48)66(58(49)41-45)55-27-9-13-33-62(55)69-63-34-14-10-28-56(63)66)59-30-16-29-57-64(59)50-21-4-6-24-52(50)65(57)53-25-7-11-31-60(53)68-61-32-12-8-26-54(61)65/h1-41H. The Morgan fingerprint density at radius 1 is 0.290 bits per heavy atom. The van der Waals surface area contributed by atoms with E-state index in [9.17, 15) is 0 Å². The van der Waals surface area contributed by atoms with E-state index in [1.807, 2.05) is 0 Å². The first kappa shape index (κ1) is 38.2. The Hall–Kier alpha value is -8.92. The maximum Gasteiger partial charge on any atom is 0.132 e. The lowest BCUT2D eigenvalue weighted by Gasteiger charge is -2.40. The van der Waals surface area contributed by atoms with E-state index in [2.05, 4.69) is 254 Å². The van der Waals surface area contributed by atoms with E-state index in [0.29, 0.717) is 0 Å². The molecule has 2 spiro atoms. The molecule has 11 aromatic carbocycles. The van der Waals surface area contributed by atoms with Crippen LogP contribution in [0.4, 0.5) is 17.1 Å². The molecule has 0 N–H and O–H groups in total. The third kappa shape index (κ3) is 5.06. The van der Waals surface area contributed by atoms with E-state index in [4.69, 9.17) is 9.47 Å². The van der Waals surface area contributed by atoms with Gasteiger partial charge in [0.1, 0.15) is 23.0 Å². The molecule has 322 valence electrons. The van der Waals surface area contributed by atoms with Gasteiger partial charge in [-0.3, -0.25) is 0 Å². The second-order valence-electron chi connectivity index (χ2n) is 18.6. The van der Waals surface area contributed by atoms with Crippen LogP contribution < -0.4 is 14.4 Å². The smallest absolute Gasteiger partial charge is 0.132 e. The van der Waals surface area contributed by atoms with Crippen molar-refractivity contribution in [2.24, 2.45) is 0 Å². The number of rotatable bonds is 4. The molecule has 0 unspecified atom stereocenters. The Kier molecular flexibility index (Phi) is 7.92. The minimum atomic E-state index is -0.623. The summed E-state index contributed by atoms with van der Waals surface area (Å²) in [5, 5.41) is 2.47. The molecule has 15 rings (SSSR count). The monoisotopic (exact) mass is 879 g/mol. The number of para-hydroxylation sites is 4. The highest BCUT2D eigenvalue weighted by Gasteiger charge is 2.53. The molecule has 0 amide bonds. The van der Waals surface area contributed by atoms with Crippen molar-refractivity contribution >= 4 is 27.8 Å². The first-order valence-electron chi connectivity index (χ1n) is 23.8. The van der Waals surface area contributed by atoms with Gasteiger partial charge in [0.25, 0.3) is 0 Å². The van der Waals surface area contributed by atoms with Crippen LogP contribution in [-0.2, 0) is 10.8 Å². The van der Waals surface area contributed by atoms with Gasteiger partial charge >= 0.3 is 0 Å². The van der Waals surface area contributed by atoms with Crippen LogP contribution in [0.3, 0.4) is 0 Å². The maximum absolute atomic E-state index is 6.75. The molecule has 11 aromatic rings. The van der Waals surface area contributed by atoms with Gasteiger partial charge in [-0.15, -0.1) is 0 Å². The molecule has 0 fully saturated rings. The summed E-state index contributed by atoms with van der Waals surface area (Å²) in [6.07, 6.45) is 0. The predicted molar refractivity (Wildman–Crippen MR) is 279 cm³/mol. The summed E-state index contributed by atoms with van der Waals surface area (Å²) < 4.78 is 13.5. The van der Waals surface area contributed by atoms with Crippen molar-refractivity contribution in [3.8, 4) is 56.4 Å². The average molecular weight is 880 g/mol. The fourth-order valence-corrected chi connectivity index (χ4v) is 12.7. The zero-order valence-corrected chi connectivity index (χ0v) is 37.4. The van der Waals surface area contributed by atoms with Crippen molar-refractivity contribution in [1.82, 2.24) is 0 Å². The number of benzene rings is 11. The van der Waals surface area contributed by atoms with Gasteiger partial charge in [0, 0.05) is 39.2 Å². The quantitative estimate of drug-likeness (QED) is 0.176. The molecule has 0 saturated carbocycles. The van der Waals surface area contributed by atoms with Crippen LogP contribution in [0.1, 0.15) is 44.5 Å². The molecule has 2 aliphatic carbocycles. The molecule has 2 heterocycles. The number of nitrogens with zero attached hydrogens (tertiary/aromatic N) is 1. The Bertz CT molecular complexity index is 3840. The van der Waals surface area contributed by atoms with Crippen molar-refractivity contribution in [1.29, 1.82) is 0 Å². The van der Waals surface area contributed by atoms with Crippen molar-refractivity contribution < 1.29 is 9.47 Å². The molecular weight excluding hydrogens is 839 g/mol. The van der Waals surface area contributed by atoms with Crippen LogP contribution >= 0.6 is 0 Å². The highest BCUT2D eigenvalue weighted by molar-refractivity contribution is 6.01. The van der Waals surface area contributed by atoms with Crippen molar-refractivity contribution in [3.05, 3.63) is 293 Å². The van der Waals surface area contributed by atoms with E-state index in [-0.39, 0.29) is 0 Å². The van der Waals surface area contributed by atoms with Crippen LogP contribution in [0, 0.1) is 0 Å². The molecule has 3 heteroatoms. The van der Waals surface area contributed by atoms with Crippen molar-refractivity contribution in [3.63, 3.8) is 0 Å². The molecule has 0 radical (unpaired) electrons. The first-order valence-corrected chi connectivity index (χ1v) is 23.8. The maximum atomic E-state index is 6.75. The molecular formula is C66H41NO2. The minimum absolute atomic E-state index is 0.615. The Morgan fingerprint density at radius 3 is 1.36 bits per heavy atom. The van der Waals surface area contributed by atoms with Gasteiger partial charge in [-0.05, 0) is 115 Å². The molecule has 4 aliphatic rings. The van der Waals surface area contributed by atoms with Crippen molar-refractivity contribution in [2.75, 3.05) is 4.90 Å². The third-order valence-electron chi connectivity index (χ3n) is 15.4. The van der Waals surface area contributed by atoms with Gasteiger partial charge in [-0.1, -0.05) is 194 Å². The number of ether oxygens (including phenoxy) is 2. The first-order chi connectivity index (χ1) is 34.2. The molecule has 2 aliphatic heterocycles. The number of anilines is 3. The van der Waals surface area contributed by atoms with Crippen LogP contribution in [0.15, 0.2) is 249 Å². The fraction of sp³-hybridized carbons (Fsp3) is 0.0303. The van der Waals surface area contributed by atoms with E-state index < -0.39 is 10.8 Å². The molecule has 3 nitrogen and oxygen atoms in total. The van der Waals surface area contributed by atoms with E-state index in [0.717, 1.165) is 62.3 Å². The lowest BCUT2D eigenvalue weighted by atomic mass is 9.66. The van der Waals surface area contributed by atoms with Gasteiger partial charge < -0.3 is 14.4 Å². The normalized spacial score (nSPS) is 14.3. The minimum Gasteiger partial charge on any atom is -0.457 e. The van der Waals surface area contributed by atoms with Gasteiger partial charge in [0.15, 0.2) is 0 Å². The van der Waals surface area contributed by atoms with Gasteiger partial charge in [0.05, 0.1) is 16.5 Å². The number of hydrogen-bond acceptors (Lipinski definition) is 3. The fourth-order valence-electron chi connectivity index (χ4n) is 12.7. The summed E-state index contributed by atoms with van der Waals surface area (Å²) in [6.45, 7) is 0. The lowest BCUT2D eigenvalue weighted by Crippen LogP contribution is -2.32. The van der Waals surface area contributed by atoms with E-state index in [1.165, 1.54) is 66.4 Å². The average Bonchev–Trinajstić information content (AvgIpc) is 3.87. The Labute approximate surface area is 400 Å². The Balaban J connectivity index is 1.02. The molecule has 0 saturated heterocycles. The van der Waals surface area contributed by atoms with Crippen LogP contribution in [0.25, 0.3) is 44.2 Å². The van der Waals surface area contributed by atoms with E-state index >= 15 is 0 Å². The zero-order valence-electron chi connectivity index (χ0n) is 37.4. The zero-order chi connectivity index (χ0) is 45.3. The summed E-state index contributed by atoms with van der Waals surface area (Å²) in [6, 6.07) is 91.0. The van der Waals surface area contributed by atoms with Gasteiger partial charge in [0.2, 0.25) is 0 Å². The topological polar surface area (TPSA) is 21.7 Å². The number of hydrogen-bond donors (Lipinski definition) is 0. The predicted octanol–water partition coefficient (Wildman–Crippen LogP) is 16.9. The number of fused-ring (bicyclic) bond motifs is 19. The Morgan fingerprint density at radius 2 is 0.725 bits per heavy atom. The highest BCUT2D eigenvalue weighted by atomic mass is 16.5. The second kappa shape index (κ2) is 14.3. The largest absolute Gasteiger partial charge is 0.457 e. The van der Waals surface area contributed by atoms with E-state index in [1.54, 1.807) is 0 Å². The second-order valence-corrected chi connectivity index (χ2v) is 18.6. The lowest BCUT2D eigenvalue weighted by molar-refractivity contribution is 0.436. The van der Waals surface area contributed by atoms with Gasteiger partial charge in [-0.25, -0.2) is 0 Å². The summed E-state index contributed by atoms with van der Waals surface area (Å²) in [7, 11) is 0. The highest BCUT2D eigenvalue weighted by Crippen LogP contribution is 2.66. The summed E-state index contributed by atoms with van der Waals surface area (Å²) >= 11 is 0. The SMILES string of the molecule is c1ccc2c(c1)Oc1ccccc1C21c2ccccc2-c2ccc(N(c3ccc(-c4cccc5ccccc45)cc3)c3cccc4c3-c3ccccc3C43c4ccccc4Oc4ccccc43)cc21. The molecule has 0 bridgehead atoms. The molecule has 69 heavy (non-hydrogen) atoms. The van der Waals surface area contributed by atoms with Crippen LogP contribution in [0.2, 0.25) is 0 Å². The summed E-state index contributed by atoms with van der Waals surface area (Å²) in [5.74, 6) is 3.52. The molecule has 0 atom stereocenters. The summed E-state index contributed by atoms with van der Waals surface area (Å²) in [4.78, 5) is 2.51. The molecule has 0 aromatic heterocycles. The van der Waals surface area contributed by atoms with Crippen molar-refractivity contribution in [2.45, 2.75) is 10.8 Å². The van der Waals surface area contributed by atoms with Gasteiger partial charge in [-0.2, -0.15) is 0 Å².